The molecule has 0 aromatic carbocycles. The fourth-order valence-electron chi connectivity index (χ4n) is 3.33. The van der Waals surface area contributed by atoms with Gasteiger partial charge in [0.2, 0.25) is 5.91 Å². The van der Waals surface area contributed by atoms with Gasteiger partial charge in [-0.1, -0.05) is 13.3 Å². The number of carbonyl (C=O) groups is 2. The molecule has 8 heteroatoms. The summed E-state index contributed by atoms with van der Waals surface area (Å²) in [4.78, 5) is 26.5. The van der Waals surface area contributed by atoms with E-state index in [4.69, 9.17) is 9.90 Å². The van der Waals surface area contributed by atoms with Crippen LogP contribution in [0, 0.1) is 5.41 Å². The second-order valence-electron chi connectivity index (χ2n) is 6.50. The lowest BCUT2D eigenvalue weighted by Gasteiger charge is -2.45. The van der Waals surface area contributed by atoms with Crippen molar-refractivity contribution in [3.05, 3.63) is 24.5 Å². The first-order valence-electron chi connectivity index (χ1n) is 8.80. The summed E-state index contributed by atoms with van der Waals surface area (Å²) in [6, 6.07) is 3.59. The van der Waals surface area contributed by atoms with Crippen LogP contribution in [0.4, 0.5) is 5.69 Å². The Kier molecular flexibility index (Phi) is 9.79. The maximum atomic E-state index is 12.0. The summed E-state index contributed by atoms with van der Waals surface area (Å²) in [5, 5.41) is 29.7. The topological polar surface area (TPSA) is 123 Å². The van der Waals surface area contributed by atoms with Gasteiger partial charge in [-0.05, 0) is 25.0 Å². The Morgan fingerprint density at radius 2 is 2.27 bits per heavy atom. The number of aliphatic hydroxyl groups excluding tert-OH is 2. The van der Waals surface area contributed by atoms with Gasteiger partial charge >= 0.3 is 0 Å². The van der Waals surface area contributed by atoms with E-state index in [2.05, 4.69) is 22.1 Å². The van der Waals surface area contributed by atoms with Gasteiger partial charge in [0.1, 0.15) is 0 Å². The number of aromatic nitrogens is 1. The fourth-order valence-corrected chi connectivity index (χ4v) is 3.33. The second kappa shape index (κ2) is 11.6. The van der Waals surface area contributed by atoms with Crippen LogP contribution >= 0.6 is 0 Å². The predicted octanol–water partition coefficient (Wildman–Crippen LogP) is 0.956. The average molecular weight is 367 g/mol. The molecular formula is C18H29N3O5. The number of nitrogens with one attached hydrogen (secondary N) is 1. The molecule has 2 rings (SSSR count). The largest absolute Gasteiger partial charge is 0.483 e. The lowest BCUT2D eigenvalue weighted by Crippen LogP contribution is -2.54. The number of nitrogens with zero attached hydrogens (tertiary/aromatic N) is 2. The number of carboxylic acid groups (broad SMARTS) is 1. The SMILES string of the molecule is CCC[C@]1(CO)CN(CCC(=O)Nc2cccnc2)CC[C@@H]1O.O=CO. The monoisotopic (exact) mass is 367 g/mol. The van der Waals surface area contributed by atoms with Crippen molar-refractivity contribution in [3.63, 3.8) is 0 Å². The highest BCUT2D eigenvalue weighted by Crippen LogP contribution is 2.34. The van der Waals surface area contributed by atoms with Gasteiger partial charge in [0, 0.05) is 37.7 Å². The number of likely N-dealkylation sites (tertiary alicyclic amines) is 1. The van der Waals surface area contributed by atoms with E-state index in [-0.39, 0.29) is 19.0 Å². The fraction of sp³-hybridized carbons (Fsp3) is 0.611. The van der Waals surface area contributed by atoms with E-state index in [1.54, 1.807) is 24.5 Å². The molecule has 1 saturated heterocycles. The molecule has 4 N–H and O–H groups in total. The first-order valence-corrected chi connectivity index (χ1v) is 8.80. The van der Waals surface area contributed by atoms with Gasteiger partial charge in [0.05, 0.1) is 24.6 Å². The maximum Gasteiger partial charge on any atom is 0.290 e. The highest BCUT2D eigenvalue weighted by Gasteiger charge is 2.41. The summed E-state index contributed by atoms with van der Waals surface area (Å²) in [5.41, 5.74) is 0.245. The summed E-state index contributed by atoms with van der Waals surface area (Å²) in [6.45, 7) is 3.82. The van der Waals surface area contributed by atoms with E-state index in [1.807, 2.05) is 0 Å². The highest BCUT2D eigenvalue weighted by atomic mass is 16.3. The molecule has 0 saturated carbocycles. The smallest absolute Gasteiger partial charge is 0.290 e. The van der Waals surface area contributed by atoms with Crippen LogP contribution in [-0.4, -0.2) is 69.9 Å². The minimum absolute atomic E-state index is 0.0135. The summed E-state index contributed by atoms with van der Waals surface area (Å²) in [7, 11) is 0. The molecule has 2 atom stereocenters. The minimum Gasteiger partial charge on any atom is -0.483 e. The molecule has 0 radical (unpaired) electrons. The number of piperidine rings is 1. The molecule has 0 spiro atoms. The van der Waals surface area contributed by atoms with Crippen molar-refractivity contribution in [2.45, 2.75) is 38.7 Å². The van der Waals surface area contributed by atoms with Gasteiger partial charge in [-0.25, -0.2) is 0 Å². The molecule has 2 heterocycles. The van der Waals surface area contributed by atoms with Crippen LogP contribution in [0.1, 0.15) is 32.6 Å². The first-order chi connectivity index (χ1) is 12.5. The summed E-state index contributed by atoms with van der Waals surface area (Å²) in [5.74, 6) is -0.0470. The van der Waals surface area contributed by atoms with Crippen molar-refractivity contribution in [1.29, 1.82) is 0 Å². The Balaban J connectivity index is 0.00000105. The van der Waals surface area contributed by atoms with Crippen LogP contribution < -0.4 is 5.32 Å². The third-order valence-electron chi connectivity index (χ3n) is 4.63. The van der Waals surface area contributed by atoms with E-state index >= 15 is 0 Å². The Hall–Kier alpha value is -2.03. The quantitative estimate of drug-likeness (QED) is 0.529. The molecule has 1 amide bonds. The van der Waals surface area contributed by atoms with Crippen molar-refractivity contribution >= 4 is 18.1 Å². The first kappa shape index (κ1) is 22.0. The number of pyridine rings is 1. The summed E-state index contributed by atoms with van der Waals surface area (Å²) < 4.78 is 0. The summed E-state index contributed by atoms with van der Waals surface area (Å²) >= 11 is 0. The molecule has 1 aromatic rings. The molecule has 1 aliphatic heterocycles. The van der Waals surface area contributed by atoms with E-state index in [1.165, 1.54) is 0 Å². The molecule has 146 valence electrons. The third-order valence-corrected chi connectivity index (χ3v) is 4.63. The molecule has 1 aromatic heterocycles. The zero-order valence-electron chi connectivity index (χ0n) is 15.2. The molecule has 8 nitrogen and oxygen atoms in total. The molecule has 1 fully saturated rings. The third kappa shape index (κ3) is 6.70. The molecule has 1 aliphatic rings. The van der Waals surface area contributed by atoms with Gasteiger partial charge in [0.25, 0.3) is 6.47 Å². The molecular weight excluding hydrogens is 338 g/mol. The molecule has 0 unspecified atom stereocenters. The predicted molar refractivity (Wildman–Crippen MR) is 97.7 cm³/mol. The van der Waals surface area contributed by atoms with E-state index in [0.717, 1.165) is 19.4 Å². The van der Waals surface area contributed by atoms with Crippen LogP contribution in [0.15, 0.2) is 24.5 Å². The van der Waals surface area contributed by atoms with Crippen LogP contribution in [0.2, 0.25) is 0 Å². The number of rotatable bonds is 7. The second-order valence-corrected chi connectivity index (χ2v) is 6.50. The highest BCUT2D eigenvalue weighted by molar-refractivity contribution is 5.90. The maximum absolute atomic E-state index is 12.0. The standard InChI is InChI=1S/C17H27N3O3.CH2O2/c1-2-7-17(13-21)12-20(9-5-15(17)22)10-6-16(23)19-14-4-3-8-18-11-14;2-1-3/h3-4,8,11,15,21-22H,2,5-7,9-10,12-13H2,1H3,(H,19,23);1H,(H,2,3)/t15-,17+;/m0./s1. The minimum atomic E-state index is -0.465. The Morgan fingerprint density at radius 1 is 1.54 bits per heavy atom. The normalized spacial score (nSPS) is 22.8. The number of amides is 1. The van der Waals surface area contributed by atoms with E-state index < -0.39 is 11.5 Å². The van der Waals surface area contributed by atoms with Crippen molar-refractivity contribution in [2.75, 3.05) is 31.6 Å². The van der Waals surface area contributed by atoms with Crippen LogP contribution in [0.3, 0.4) is 0 Å². The van der Waals surface area contributed by atoms with Gasteiger partial charge in [0.15, 0.2) is 0 Å². The van der Waals surface area contributed by atoms with E-state index in [9.17, 15) is 15.0 Å². The Morgan fingerprint density at radius 3 is 2.85 bits per heavy atom. The number of hydrogen-bond donors (Lipinski definition) is 4. The van der Waals surface area contributed by atoms with Crippen molar-refractivity contribution in [1.82, 2.24) is 9.88 Å². The molecule has 26 heavy (non-hydrogen) atoms. The number of anilines is 1. The Bertz CT molecular complexity index is 543. The van der Waals surface area contributed by atoms with Crippen LogP contribution in [-0.2, 0) is 9.59 Å². The van der Waals surface area contributed by atoms with Crippen molar-refractivity contribution in [2.24, 2.45) is 5.41 Å². The van der Waals surface area contributed by atoms with E-state index in [0.29, 0.717) is 31.6 Å². The Labute approximate surface area is 153 Å². The summed E-state index contributed by atoms with van der Waals surface area (Å²) in [6.07, 6.45) is 5.57. The number of carbonyl (C=O) groups excluding carboxylic acids is 1. The van der Waals surface area contributed by atoms with Gasteiger partial charge in [-0.15, -0.1) is 0 Å². The molecule has 0 aliphatic carbocycles. The van der Waals surface area contributed by atoms with Crippen molar-refractivity contribution < 1.29 is 24.9 Å². The average Bonchev–Trinajstić information content (AvgIpc) is 2.64. The molecule has 0 bridgehead atoms. The zero-order valence-corrected chi connectivity index (χ0v) is 15.2. The zero-order chi connectivity index (χ0) is 19.4. The number of aliphatic hydroxyl groups is 2. The van der Waals surface area contributed by atoms with Gasteiger partial charge in [-0.2, -0.15) is 0 Å². The lowest BCUT2D eigenvalue weighted by atomic mass is 9.74. The van der Waals surface area contributed by atoms with Gasteiger partial charge < -0.3 is 25.5 Å². The van der Waals surface area contributed by atoms with Gasteiger partial charge in [-0.3, -0.25) is 14.6 Å². The number of hydrogen-bond acceptors (Lipinski definition) is 6. The van der Waals surface area contributed by atoms with Crippen molar-refractivity contribution in [3.8, 4) is 0 Å². The van der Waals surface area contributed by atoms with Crippen LogP contribution in [0.5, 0.6) is 0 Å². The lowest BCUT2D eigenvalue weighted by molar-refractivity contribution is -0.123. The van der Waals surface area contributed by atoms with Crippen LogP contribution in [0.25, 0.3) is 0 Å².